The lowest BCUT2D eigenvalue weighted by atomic mass is 10.1. The lowest BCUT2D eigenvalue weighted by Crippen LogP contribution is -2.34. The molecule has 2 amide bonds. The molecule has 0 spiro atoms. The van der Waals surface area contributed by atoms with Crippen LogP contribution in [0.4, 0.5) is 10.5 Å². The average Bonchev–Trinajstić information content (AvgIpc) is 3.07. The molecular formula is C20H20N2O4S. The number of carbonyl (C=O) groups excluding carboxylic acids is 3. The Kier molecular flexibility index (Phi) is 6.13. The molecule has 1 heterocycles. The minimum atomic E-state index is -1.09. The topological polar surface area (TPSA) is 75.7 Å². The molecule has 0 saturated carbocycles. The first kappa shape index (κ1) is 19.0. The summed E-state index contributed by atoms with van der Waals surface area (Å²) in [4.78, 5) is 38.2. The highest BCUT2D eigenvalue weighted by atomic mass is 32.2. The molecule has 7 heteroatoms. The van der Waals surface area contributed by atoms with Crippen molar-refractivity contribution in [1.29, 1.82) is 0 Å². The van der Waals surface area contributed by atoms with E-state index in [1.165, 1.54) is 16.7 Å². The maximum atomic E-state index is 12.8. The van der Waals surface area contributed by atoms with E-state index in [1.807, 2.05) is 25.1 Å². The van der Waals surface area contributed by atoms with Crippen molar-refractivity contribution in [1.82, 2.24) is 4.90 Å². The van der Waals surface area contributed by atoms with Crippen LogP contribution in [0.3, 0.4) is 0 Å². The average molecular weight is 384 g/mol. The molecule has 0 radical (unpaired) electrons. The molecule has 1 aliphatic heterocycles. The Morgan fingerprint density at radius 3 is 2.48 bits per heavy atom. The molecule has 1 N–H and O–H groups in total. The maximum Gasteiger partial charge on any atom is 0.326 e. The molecular weight excluding hydrogens is 364 g/mol. The fourth-order valence-electron chi connectivity index (χ4n) is 2.64. The van der Waals surface area contributed by atoms with Crippen LogP contribution in [-0.4, -0.2) is 40.9 Å². The van der Waals surface area contributed by atoms with Gasteiger partial charge >= 0.3 is 5.97 Å². The van der Waals surface area contributed by atoms with Crippen LogP contribution in [0.2, 0.25) is 0 Å². The van der Waals surface area contributed by atoms with E-state index in [0.29, 0.717) is 23.5 Å². The minimum Gasteiger partial charge on any atom is -0.446 e. The second-order valence-electron chi connectivity index (χ2n) is 6.17. The van der Waals surface area contributed by atoms with Gasteiger partial charge in [-0.25, -0.2) is 0 Å². The molecule has 1 fully saturated rings. The Hall–Kier alpha value is -2.80. The fraction of sp³-hybridized carbons (Fsp3) is 0.250. The molecule has 0 unspecified atom stereocenters. The largest absolute Gasteiger partial charge is 0.446 e. The zero-order valence-electron chi connectivity index (χ0n) is 14.9. The summed E-state index contributed by atoms with van der Waals surface area (Å²) in [7, 11) is 0. The highest BCUT2D eigenvalue weighted by Crippen LogP contribution is 2.22. The lowest BCUT2D eigenvalue weighted by Gasteiger charge is -2.20. The van der Waals surface area contributed by atoms with E-state index in [9.17, 15) is 14.4 Å². The highest BCUT2D eigenvalue weighted by Gasteiger charge is 2.29. The molecule has 0 aromatic heterocycles. The molecule has 3 rings (SSSR count). The number of amides is 2. The predicted molar refractivity (Wildman–Crippen MR) is 105 cm³/mol. The fourth-order valence-corrected chi connectivity index (χ4v) is 3.46. The van der Waals surface area contributed by atoms with Gasteiger partial charge in [0.05, 0.1) is 0 Å². The number of hydrogen-bond donors (Lipinski definition) is 1. The van der Waals surface area contributed by atoms with E-state index in [1.54, 1.807) is 36.4 Å². The third-order valence-electron chi connectivity index (χ3n) is 4.07. The lowest BCUT2D eigenvalue weighted by molar-refractivity contribution is -0.155. The van der Waals surface area contributed by atoms with Gasteiger partial charge in [0.15, 0.2) is 0 Å². The Morgan fingerprint density at radius 1 is 1.15 bits per heavy atom. The van der Waals surface area contributed by atoms with Gasteiger partial charge in [-0.3, -0.25) is 14.4 Å². The first-order valence-corrected chi connectivity index (χ1v) is 9.55. The zero-order chi connectivity index (χ0) is 19.2. The number of nitrogens with zero attached hydrogens (tertiary/aromatic N) is 1. The summed E-state index contributed by atoms with van der Waals surface area (Å²) in [6, 6.07) is 16.2. The third-order valence-corrected chi connectivity index (χ3v) is 4.97. The second-order valence-corrected chi connectivity index (χ2v) is 7.22. The summed E-state index contributed by atoms with van der Waals surface area (Å²) < 4.78 is 5.45. The van der Waals surface area contributed by atoms with E-state index in [-0.39, 0.29) is 11.8 Å². The van der Waals surface area contributed by atoms with Gasteiger partial charge in [-0.1, -0.05) is 59.8 Å². The van der Waals surface area contributed by atoms with Crippen LogP contribution in [0.1, 0.15) is 17.2 Å². The Labute approximate surface area is 161 Å². The van der Waals surface area contributed by atoms with Crippen molar-refractivity contribution < 1.29 is 19.1 Å². The predicted octanol–water partition coefficient (Wildman–Crippen LogP) is 3.39. The van der Waals surface area contributed by atoms with Crippen molar-refractivity contribution in [2.24, 2.45) is 0 Å². The summed E-state index contributed by atoms with van der Waals surface area (Å²) in [5.41, 5.74) is 2.26. The van der Waals surface area contributed by atoms with Crippen molar-refractivity contribution >= 4 is 34.6 Å². The second kappa shape index (κ2) is 8.73. The van der Waals surface area contributed by atoms with Gasteiger partial charge in [0.1, 0.15) is 6.54 Å². The van der Waals surface area contributed by atoms with Crippen LogP contribution in [0.5, 0.6) is 0 Å². The number of ether oxygens (including phenoxy) is 1. The van der Waals surface area contributed by atoms with E-state index in [4.69, 9.17) is 4.74 Å². The highest BCUT2D eigenvalue weighted by molar-refractivity contribution is 8.13. The van der Waals surface area contributed by atoms with E-state index >= 15 is 0 Å². The molecule has 1 saturated heterocycles. The number of rotatable bonds is 6. The minimum absolute atomic E-state index is 0.146. The molecule has 1 aliphatic rings. The monoisotopic (exact) mass is 384 g/mol. The number of aryl methyl sites for hydroxylation is 1. The summed E-state index contributed by atoms with van der Waals surface area (Å²) in [6.45, 7) is 2.30. The zero-order valence-corrected chi connectivity index (χ0v) is 15.7. The van der Waals surface area contributed by atoms with Gasteiger partial charge < -0.3 is 15.0 Å². The summed E-state index contributed by atoms with van der Waals surface area (Å²) in [6.07, 6.45) is -1.09. The van der Waals surface area contributed by atoms with Gasteiger partial charge in [0.25, 0.3) is 11.1 Å². The quantitative estimate of drug-likeness (QED) is 0.773. The number of hydrogen-bond acceptors (Lipinski definition) is 5. The number of benzene rings is 2. The van der Waals surface area contributed by atoms with Crippen LogP contribution in [-0.2, 0) is 14.3 Å². The van der Waals surface area contributed by atoms with Crippen LogP contribution in [0.15, 0.2) is 54.6 Å². The normalized spacial score (nSPS) is 14.7. The Morgan fingerprint density at radius 2 is 1.85 bits per heavy atom. The number of nitrogens with one attached hydrogen (secondary N) is 1. The van der Waals surface area contributed by atoms with Crippen LogP contribution >= 0.6 is 11.8 Å². The summed E-state index contributed by atoms with van der Waals surface area (Å²) in [5.74, 6) is -0.401. The summed E-state index contributed by atoms with van der Waals surface area (Å²) in [5, 5.41) is 2.63. The molecule has 1 atom stereocenters. The van der Waals surface area contributed by atoms with E-state index in [0.717, 1.165) is 5.56 Å². The molecule has 2 aromatic rings. The first-order chi connectivity index (χ1) is 13.0. The van der Waals surface area contributed by atoms with Crippen molar-refractivity contribution in [3.8, 4) is 0 Å². The van der Waals surface area contributed by atoms with Crippen LogP contribution < -0.4 is 5.32 Å². The van der Waals surface area contributed by atoms with Gasteiger partial charge in [0.2, 0.25) is 6.10 Å². The molecule has 0 bridgehead atoms. The smallest absolute Gasteiger partial charge is 0.326 e. The van der Waals surface area contributed by atoms with Gasteiger partial charge in [-0.2, -0.15) is 0 Å². The van der Waals surface area contributed by atoms with Crippen molar-refractivity contribution in [2.75, 3.05) is 24.2 Å². The van der Waals surface area contributed by atoms with Crippen molar-refractivity contribution in [3.63, 3.8) is 0 Å². The molecule has 0 aliphatic carbocycles. The molecule has 140 valence electrons. The van der Waals surface area contributed by atoms with Gasteiger partial charge in [-0.15, -0.1) is 0 Å². The summed E-state index contributed by atoms with van der Waals surface area (Å²) >= 11 is 1.17. The van der Waals surface area contributed by atoms with Crippen molar-refractivity contribution in [2.45, 2.75) is 13.0 Å². The molecule has 2 aromatic carbocycles. The maximum absolute atomic E-state index is 12.8. The van der Waals surface area contributed by atoms with Crippen LogP contribution in [0.25, 0.3) is 0 Å². The Bertz CT molecular complexity index is 824. The SMILES string of the molecule is Cc1ccc(NC(=O)[C@@H](OC(=O)CN2CCSC2=O)c2ccccc2)cc1. The van der Waals surface area contributed by atoms with E-state index < -0.39 is 18.0 Å². The Balaban J connectivity index is 1.72. The van der Waals surface area contributed by atoms with Crippen LogP contribution in [0, 0.1) is 6.92 Å². The number of anilines is 1. The van der Waals surface area contributed by atoms with Crippen molar-refractivity contribution in [3.05, 3.63) is 65.7 Å². The van der Waals surface area contributed by atoms with E-state index in [2.05, 4.69) is 5.32 Å². The van der Waals surface area contributed by atoms with Gasteiger partial charge in [0, 0.05) is 23.5 Å². The number of thioether (sulfide) groups is 1. The number of esters is 1. The van der Waals surface area contributed by atoms with Gasteiger partial charge in [-0.05, 0) is 19.1 Å². The molecule has 6 nitrogen and oxygen atoms in total. The third kappa shape index (κ3) is 5.10. The number of carbonyl (C=O) groups is 3. The standard InChI is InChI=1S/C20H20N2O4S/c1-14-7-9-16(10-8-14)21-19(24)18(15-5-3-2-4-6-15)26-17(23)13-22-11-12-27-20(22)25/h2-10,18H,11-13H2,1H3,(H,21,24)/t18-/m0/s1. The molecule has 27 heavy (non-hydrogen) atoms. The first-order valence-electron chi connectivity index (χ1n) is 8.56.